The summed E-state index contributed by atoms with van der Waals surface area (Å²) in [6.45, 7) is 4.55. The summed E-state index contributed by atoms with van der Waals surface area (Å²) in [7, 11) is 4.09. The topological polar surface area (TPSA) is 82.0 Å². The van der Waals surface area contributed by atoms with Crippen LogP contribution < -0.4 is 9.64 Å². The number of hydrogen-bond acceptors (Lipinski definition) is 7. The molecule has 4 aromatic rings. The van der Waals surface area contributed by atoms with Gasteiger partial charge in [0, 0.05) is 41.9 Å². The zero-order valence-electron chi connectivity index (χ0n) is 24.9. The van der Waals surface area contributed by atoms with Crippen LogP contribution in [0.4, 0.5) is 14.6 Å². The Morgan fingerprint density at radius 2 is 1.86 bits per heavy atom. The van der Waals surface area contributed by atoms with Crippen molar-refractivity contribution < 1.29 is 23.7 Å². The highest BCUT2D eigenvalue weighted by Crippen LogP contribution is 2.47. The summed E-state index contributed by atoms with van der Waals surface area (Å²) >= 11 is 0. The van der Waals surface area contributed by atoms with Crippen LogP contribution in [0.1, 0.15) is 38.2 Å². The number of aryl methyl sites for hydroxylation is 1. The molecule has 43 heavy (non-hydrogen) atoms. The lowest BCUT2D eigenvalue weighted by Crippen LogP contribution is -2.38. The SMILES string of the molecule is CCc1c(F)ccc2cc(O)cc(-c3ccc4c(N5C[C@@H]6C[C@H](C5)[C@H](O)C6)nc(OCC5(CN(C)C)CC5)nc4c3F)c12. The van der Waals surface area contributed by atoms with Gasteiger partial charge in [0.05, 0.1) is 12.7 Å². The molecule has 3 aromatic carbocycles. The standard InChI is InChI=1S/C34H38F2N4O3/c1-4-23-27(35)8-5-20-13-22(41)14-26(29(20)23)24-6-7-25-31(30(24)36)37-33(43-18-34(9-10-34)17-39(2)3)38-32(25)40-15-19-11-21(16-40)28(42)12-19/h5-8,13-14,19,21,28,41-42H,4,9-12,15-18H2,1-3H3/t19-,21-,28-/m1/s1. The first-order valence-electron chi connectivity index (χ1n) is 15.3. The third-order valence-corrected chi connectivity index (χ3v) is 9.67. The fourth-order valence-corrected chi connectivity index (χ4v) is 7.51. The number of aromatic hydroxyl groups is 1. The van der Waals surface area contributed by atoms with E-state index < -0.39 is 5.82 Å². The van der Waals surface area contributed by atoms with Crippen LogP contribution in [0.5, 0.6) is 11.8 Å². The highest BCUT2D eigenvalue weighted by atomic mass is 19.1. The summed E-state index contributed by atoms with van der Waals surface area (Å²) in [5, 5.41) is 22.9. The van der Waals surface area contributed by atoms with Gasteiger partial charge < -0.3 is 24.7 Å². The maximum Gasteiger partial charge on any atom is 0.319 e. The molecule has 2 N–H and O–H groups in total. The third kappa shape index (κ3) is 5.06. The van der Waals surface area contributed by atoms with Crippen LogP contribution in [0.15, 0.2) is 36.4 Å². The van der Waals surface area contributed by atoms with Crippen molar-refractivity contribution in [2.24, 2.45) is 17.3 Å². The number of benzene rings is 3. The molecule has 0 unspecified atom stereocenters. The van der Waals surface area contributed by atoms with Gasteiger partial charge in [-0.15, -0.1) is 0 Å². The fourth-order valence-electron chi connectivity index (χ4n) is 7.51. The number of halogens is 2. The van der Waals surface area contributed by atoms with Gasteiger partial charge >= 0.3 is 6.01 Å². The minimum atomic E-state index is -0.571. The molecule has 3 fully saturated rings. The van der Waals surface area contributed by atoms with Gasteiger partial charge in [0.2, 0.25) is 0 Å². The molecule has 2 saturated carbocycles. The molecule has 9 heteroatoms. The zero-order chi connectivity index (χ0) is 30.0. The molecule has 1 aliphatic heterocycles. The third-order valence-electron chi connectivity index (χ3n) is 9.67. The van der Waals surface area contributed by atoms with Crippen molar-refractivity contribution in [3.8, 4) is 22.9 Å². The molecular formula is C34H38F2N4O3. The molecule has 1 aromatic heterocycles. The molecule has 3 atom stereocenters. The van der Waals surface area contributed by atoms with Crippen molar-refractivity contribution in [2.45, 2.75) is 45.1 Å². The first kappa shape index (κ1) is 28.2. The van der Waals surface area contributed by atoms with Gasteiger partial charge in [-0.2, -0.15) is 9.97 Å². The number of aromatic nitrogens is 2. The van der Waals surface area contributed by atoms with Crippen molar-refractivity contribution in [1.82, 2.24) is 14.9 Å². The van der Waals surface area contributed by atoms with E-state index in [9.17, 15) is 14.6 Å². The summed E-state index contributed by atoms with van der Waals surface area (Å²) in [6, 6.07) is 9.68. The molecule has 7 rings (SSSR count). The quantitative estimate of drug-likeness (QED) is 0.264. The Balaban J connectivity index is 1.37. The summed E-state index contributed by atoms with van der Waals surface area (Å²) < 4.78 is 37.9. The second kappa shape index (κ2) is 10.6. The fraction of sp³-hybridized carbons (Fsp3) is 0.471. The van der Waals surface area contributed by atoms with Gasteiger partial charge in [0.25, 0.3) is 0 Å². The average Bonchev–Trinajstić information content (AvgIpc) is 3.68. The number of phenols is 1. The molecule has 0 spiro atoms. The van der Waals surface area contributed by atoms with E-state index in [0.29, 0.717) is 58.6 Å². The van der Waals surface area contributed by atoms with Gasteiger partial charge in [-0.25, -0.2) is 8.78 Å². The minimum absolute atomic E-state index is 0.0268. The number of ether oxygens (including phenoxy) is 1. The predicted octanol–water partition coefficient (Wildman–Crippen LogP) is 5.92. The largest absolute Gasteiger partial charge is 0.508 e. The van der Waals surface area contributed by atoms with Crippen molar-refractivity contribution >= 4 is 27.5 Å². The molecule has 2 aliphatic carbocycles. The maximum atomic E-state index is 16.8. The highest BCUT2D eigenvalue weighted by Gasteiger charge is 2.44. The number of fused-ring (bicyclic) bond motifs is 4. The highest BCUT2D eigenvalue weighted by molar-refractivity contribution is 6.03. The van der Waals surface area contributed by atoms with E-state index in [1.54, 1.807) is 18.2 Å². The molecule has 3 aliphatic rings. The van der Waals surface area contributed by atoms with Crippen LogP contribution >= 0.6 is 0 Å². The van der Waals surface area contributed by atoms with Crippen LogP contribution in [0.25, 0.3) is 32.8 Å². The number of nitrogens with zero attached hydrogens (tertiary/aromatic N) is 4. The second-order valence-electron chi connectivity index (χ2n) is 13.2. The van der Waals surface area contributed by atoms with E-state index in [4.69, 9.17) is 9.72 Å². The Labute approximate surface area is 250 Å². The van der Waals surface area contributed by atoms with Crippen molar-refractivity contribution in [3.63, 3.8) is 0 Å². The van der Waals surface area contributed by atoms with Crippen LogP contribution in [0.3, 0.4) is 0 Å². The monoisotopic (exact) mass is 588 g/mol. The van der Waals surface area contributed by atoms with E-state index >= 15 is 4.39 Å². The number of aliphatic hydroxyl groups excluding tert-OH is 1. The Kier molecular flexibility index (Phi) is 6.93. The lowest BCUT2D eigenvalue weighted by Gasteiger charge is -2.33. The van der Waals surface area contributed by atoms with Gasteiger partial charge in [0.15, 0.2) is 5.82 Å². The smallest absolute Gasteiger partial charge is 0.319 e. The number of hydrogen-bond donors (Lipinski definition) is 2. The van der Waals surface area contributed by atoms with Gasteiger partial charge in [-0.3, -0.25) is 0 Å². The van der Waals surface area contributed by atoms with Gasteiger partial charge in [-0.1, -0.05) is 19.1 Å². The Bertz CT molecular complexity index is 1720. The summed E-state index contributed by atoms with van der Waals surface area (Å²) in [6.07, 6.45) is 3.93. The second-order valence-corrected chi connectivity index (χ2v) is 13.2. The molecule has 1 saturated heterocycles. The van der Waals surface area contributed by atoms with E-state index in [-0.39, 0.29) is 46.1 Å². The Morgan fingerprint density at radius 1 is 1.05 bits per heavy atom. The summed E-state index contributed by atoms with van der Waals surface area (Å²) in [5.41, 5.74) is 1.27. The molecular weight excluding hydrogens is 550 g/mol. The summed E-state index contributed by atoms with van der Waals surface area (Å²) in [5.74, 6) is 0.140. The Hall–Kier alpha value is -3.56. The van der Waals surface area contributed by atoms with Crippen LogP contribution in [0.2, 0.25) is 0 Å². The number of aliphatic hydroxyl groups is 1. The number of rotatable bonds is 8. The van der Waals surface area contributed by atoms with Crippen molar-refractivity contribution in [3.05, 3.63) is 53.6 Å². The zero-order valence-corrected chi connectivity index (χ0v) is 24.9. The van der Waals surface area contributed by atoms with Crippen LogP contribution in [0, 0.1) is 28.9 Å². The van der Waals surface area contributed by atoms with E-state index in [0.717, 1.165) is 38.8 Å². The number of anilines is 1. The molecule has 0 radical (unpaired) electrons. The molecule has 2 bridgehead atoms. The minimum Gasteiger partial charge on any atom is -0.508 e. The maximum absolute atomic E-state index is 16.8. The van der Waals surface area contributed by atoms with E-state index in [2.05, 4.69) is 14.8 Å². The molecule has 226 valence electrons. The lowest BCUT2D eigenvalue weighted by molar-refractivity contribution is 0.137. The number of phenolic OH excluding ortho intramolecular Hbond substituents is 1. The first-order chi connectivity index (χ1) is 20.6. The first-order valence-corrected chi connectivity index (χ1v) is 15.3. The normalized spacial score (nSPS) is 22.6. The van der Waals surface area contributed by atoms with Gasteiger partial charge in [-0.05, 0) is 98.3 Å². The lowest BCUT2D eigenvalue weighted by atomic mass is 9.92. The van der Waals surface area contributed by atoms with Gasteiger partial charge in [0.1, 0.15) is 22.9 Å². The van der Waals surface area contributed by atoms with Crippen molar-refractivity contribution in [1.29, 1.82) is 0 Å². The van der Waals surface area contributed by atoms with Crippen LogP contribution in [-0.2, 0) is 6.42 Å². The van der Waals surface area contributed by atoms with Crippen molar-refractivity contribution in [2.75, 3.05) is 45.2 Å². The summed E-state index contributed by atoms with van der Waals surface area (Å²) in [4.78, 5) is 13.8. The molecule has 0 amide bonds. The average molecular weight is 589 g/mol. The van der Waals surface area contributed by atoms with E-state index in [1.165, 1.54) is 12.1 Å². The predicted molar refractivity (Wildman–Crippen MR) is 164 cm³/mol. The molecule has 2 heterocycles. The Morgan fingerprint density at radius 3 is 2.58 bits per heavy atom. The molecule has 7 nitrogen and oxygen atoms in total. The van der Waals surface area contributed by atoms with Crippen LogP contribution in [-0.4, -0.2) is 71.5 Å². The number of piperidine rings is 1. The van der Waals surface area contributed by atoms with E-state index in [1.807, 2.05) is 27.1 Å².